The van der Waals surface area contributed by atoms with Gasteiger partial charge < -0.3 is 67.0 Å². The van der Waals surface area contributed by atoms with Crippen molar-refractivity contribution in [2.24, 2.45) is 0 Å². The fraction of sp³-hybridized carbons (Fsp3) is 0.500. The van der Waals surface area contributed by atoms with Crippen molar-refractivity contribution < 1.29 is 47.4 Å². The number of fused-ring (bicyclic) bond motifs is 20. The van der Waals surface area contributed by atoms with Crippen LogP contribution in [0.2, 0.25) is 0 Å². The summed E-state index contributed by atoms with van der Waals surface area (Å²) in [5.74, 6) is 3.20. The van der Waals surface area contributed by atoms with E-state index >= 15 is 0 Å². The molecule has 3 aliphatic rings. The van der Waals surface area contributed by atoms with Crippen LogP contribution in [-0.4, -0.2) is 158 Å². The third-order valence-electron chi connectivity index (χ3n) is 10.8. The van der Waals surface area contributed by atoms with Gasteiger partial charge in [-0.25, -0.2) is 0 Å². The number of ether oxygens (including phenoxy) is 10. The molecule has 0 spiro atoms. The normalized spacial score (nSPS) is 19.4. The van der Waals surface area contributed by atoms with Crippen LogP contribution in [0.25, 0.3) is 0 Å². The Morgan fingerprint density at radius 2 is 0.419 bits per heavy atom. The minimum Gasteiger partial charge on any atom is -0.489 e. The minimum absolute atomic E-state index is 0.415. The number of anilines is 4. The van der Waals surface area contributed by atoms with E-state index in [1.165, 1.54) is 0 Å². The van der Waals surface area contributed by atoms with Gasteiger partial charge in [0.1, 0.15) is 49.4 Å². The van der Waals surface area contributed by atoms with Crippen LogP contribution in [0.15, 0.2) is 97.1 Å². The van der Waals surface area contributed by atoms with Gasteiger partial charge in [-0.2, -0.15) is 0 Å². The molecule has 62 heavy (non-hydrogen) atoms. The lowest BCUT2D eigenvalue weighted by Gasteiger charge is -2.30. The fourth-order valence-corrected chi connectivity index (χ4v) is 7.63. The van der Waals surface area contributed by atoms with E-state index in [-0.39, 0.29) is 0 Å². The average molecular weight is 857 g/mol. The summed E-state index contributed by atoms with van der Waals surface area (Å²) in [6.07, 6.45) is 0. The molecule has 0 aliphatic carbocycles. The largest absolute Gasteiger partial charge is 0.489 e. The second-order valence-electron chi connectivity index (χ2n) is 14.9. The first-order valence-electron chi connectivity index (χ1n) is 22.2. The predicted molar refractivity (Wildman–Crippen MR) is 242 cm³/mol. The van der Waals surface area contributed by atoms with E-state index in [0.29, 0.717) is 158 Å². The number of hydrogen-bond donors (Lipinski definition) is 0. The smallest absolute Gasteiger partial charge is 0.142 e. The molecule has 1 saturated heterocycles. The molecule has 0 N–H and O–H groups in total. The zero-order valence-corrected chi connectivity index (χ0v) is 36.1. The molecule has 0 radical (unpaired) electrons. The molecule has 4 bridgehead atoms. The summed E-state index contributed by atoms with van der Waals surface area (Å²) in [7, 11) is 0. The van der Waals surface area contributed by atoms with Crippen molar-refractivity contribution in [1.82, 2.24) is 0 Å². The first-order valence-corrected chi connectivity index (χ1v) is 22.2. The van der Waals surface area contributed by atoms with E-state index in [9.17, 15) is 0 Å². The summed E-state index contributed by atoms with van der Waals surface area (Å²) in [5, 5.41) is 0. The van der Waals surface area contributed by atoms with Gasteiger partial charge in [0.2, 0.25) is 0 Å². The molecular formula is C48H64N4O10. The van der Waals surface area contributed by atoms with Crippen molar-refractivity contribution in [3.05, 3.63) is 97.1 Å². The monoisotopic (exact) mass is 856 g/mol. The Kier molecular flexibility index (Phi) is 18.8. The Bertz CT molecular complexity index is 1610. The van der Waals surface area contributed by atoms with E-state index in [0.717, 1.165) is 45.7 Å². The lowest BCUT2D eigenvalue weighted by molar-refractivity contribution is 0.0762. The Morgan fingerprint density at radius 3 is 0.645 bits per heavy atom. The Morgan fingerprint density at radius 1 is 0.226 bits per heavy atom. The average Bonchev–Trinajstić information content (AvgIpc) is 3.30. The molecule has 336 valence electrons. The van der Waals surface area contributed by atoms with Crippen LogP contribution in [0.3, 0.4) is 0 Å². The standard InChI is InChI=1S/C48H64N4O10/c1-5-13-45-41(9-1)49-17-25-53-26-18-50(42-10-2-6-14-46(42)60-38-34-57-33-37-59-45)23-31-56-32-24-52-20-28-54-27-19-51(22-30-55-29-21-49)43-11-3-7-15-47(43)61-39-35-58-36-40-62-48-16-8-4-12-44(48)52/h1-16H,17-40H2. The van der Waals surface area contributed by atoms with Crippen LogP contribution in [0, 0.1) is 0 Å². The summed E-state index contributed by atoms with van der Waals surface area (Å²) < 4.78 is 62.6. The van der Waals surface area contributed by atoms with Gasteiger partial charge in [-0.05, 0) is 48.5 Å². The van der Waals surface area contributed by atoms with Gasteiger partial charge in [0.15, 0.2) is 0 Å². The molecule has 0 aromatic heterocycles. The summed E-state index contributed by atoms with van der Waals surface area (Å²) in [6, 6.07) is 32.6. The quantitative estimate of drug-likeness (QED) is 0.203. The number of benzene rings is 4. The van der Waals surface area contributed by atoms with Gasteiger partial charge in [-0.3, -0.25) is 0 Å². The third-order valence-corrected chi connectivity index (χ3v) is 10.8. The van der Waals surface area contributed by atoms with Gasteiger partial charge >= 0.3 is 0 Å². The predicted octanol–water partition coefficient (Wildman–Crippen LogP) is 5.67. The first-order chi connectivity index (χ1) is 30.8. The van der Waals surface area contributed by atoms with Crippen molar-refractivity contribution >= 4 is 22.7 Å². The molecule has 4 aromatic carbocycles. The summed E-state index contributed by atoms with van der Waals surface area (Å²) in [4.78, 5) is 9.15. The van der Waals surface area contributed by atoms with Crippen LogP contribution in [0.5, 0.6) is 23.0 Å². The van der Waals surface area contributed by atoms with Crippen molar-refractivity contribution in [3.8, 4) is 23.0 Å². The third kappa shape index (κ3) is 14.0. The lowest BCUT2D eigenvalue weighted by Crippen LogP contribution is -2.36. The fourth-order valence-electron chi connectivity index (χ4n) is 7.63. The van der Waals surface area contributed by atoms with Crippen LogP contribution in [-0.2, 0) is 28.4 Å². The van der Waals surface area contributed by atoms with Crippen LogP contribution in [0.4, 0.5) is 22.7 Å². The Labute approximate surface area is 367 Å². The van der Waals surface area contributed by atoms with E-state index in [4.69, 9.17) is 47.4 Å². The summed E-state index contributed by atoms with van der Waals surface area (Å²) in [6.45, 7) is 12.8. The highest BCUT2D eigenvalue weighted by Crippen LogP contribution is 2.31. The summed E-state index contributed by atoms with van der Waals surface area (Å²) >= 11 is 0. The lowest BCUT2D eigenvalue weighted by atomic mass is 10.2. The highest BCUT2D eigenvalue weighted by Gasteiger charge is 2.19. The first kappa shape index (κ1) is 45.1. The van der Waals surface area contributed by atoms with Gasteiger partial charge in [-0.1, -0.05) is 48.5 Å². The number of hydrogen-bond acceptors (Lipinski definition) is 14. The second-order valence-corrected chi connectivity index (χ2v) is 14.9. The molecule has 3 aliphatic heterocycles. The van der Waals surface area contributed by atoms with Gasteiger partial charge in [0, 0.05) is 52.4 Å². The molecule has 4 aromatic rings. The van der Waals surface area contributed by atoms with Crippen LogP contribution < -0.4 is 38.5 Å². The maximum Gasteiger partial charge on any atom is 0.142 e. The van der Waals surface area contributed by atoms with Crippen molar-refractivity contribution in [2.75, 3.05) is 178 Å². The molecule has 0 unspecified atom stereocenters. The number of rotatable bonds is 0. The summed E-state index contributed by atoms with van der Waals surface area (Å²) in [5.41, 5.74) is 3.97. The highest BCUT2D eigenvalue weighted by molar-refractivity contribution is 5.61. The molecule has 3 heterocycles. The molecule has 7 rings (SSSR count). The molecule has 14 heteroatoms. The zero-order valence-electron chi connectivity index (χ0n) is 36.1. The molecule has 0 saturated carbocycles. The molecule has 0 amide bonds. The minimum atomic E-state index is 0.415. The van der Waals surface area contributed by atoms with E-state index < -0.39 is 0 Å². The maximum atomic E-state index is 6.41. The topological polar surface area (TPSA) is 105 Å². The van der Waals surface area contributed by atoms with E-state index in [1.807, 2.05) is 72.8 Å². The van der Waals surface area contributed by atoms with E-state index in [1.54, 1.807) is 0 Å². The van der Waals surface area contributed by atoms with Crippen molar-refractivity contribution in [1.29, 1.82) is 0 Å². The molecular weight excluding hydrogens is 793 g/mol. The SMILES string of the molecule is c1ccc2c(c1)OCCOCCOc1ccccc1N1CCOCCN2CCOCCN2CCOCCN(CCOCC1)c1ccccc1OCCOCCOc1ccccc12. The van der Waals surface area contributed by atoms with E-state index in [2.05, 4.69) is 43.9 Å². The number of para-hydroxylation sites is 8. The van der Waals surface area contributed by atoms with Gasteiger partial charge in [-0.15, -0.1) is 0 Å². The molecule has 0 atom stereocenters. The maximum absolute atomic E-state index is 6.41. The number of nitrogens with zero attached hydrogens (tertiary/aromatic N) is 4. The zero-order chi connectivity index (χ0) is 42.3. The Balaban J connectivity index is 1.13. The Hall–Kier alpha value is -4.96. The van der Waals surface area contributed by atoms with Crippen LogP contribution in [0.1, 0.15) is 0 Å². The molecule has 1 fully saturated rings. The highest BCUT2D eigenvalue weighted by atomic mass is 16.6. The van der Waals surface area contributed by atoms with Crippen LogP contribution >= 0.6 is 0 Å². The van der Waals surface area contributed by atoms with Crippen molar-refractivity contribution in [3.63, 3.8) is 0 Å². The van der Waals surface area contributed by atoms with Gasteiger partial charge in [0.25, 0.3) is 0 Å². The van der Waals surface area contributed by atoms with Crippen molar-refractivity contribution in [2.45, 2.75) is 0 Å². The second kappa shape index (κ2) is 25.8. The molecule has 14 nitrogen and oxygen atoms in total. The van der Waals surface area contributed by atoms with Gasteiger partial charge in [0.05, 0.1) is 102 Å².